The Labute approximate surface area is 173 Å². The van der Waals surface area contributed by atoms with Gasteiger partial charge in [-0.3, -0.25) is 14.4 Å². The standard InChI is InChI=1S/C24H30N2O3/c1-4-8-18-11-13-20(14-12-18)22(27)15-16-24(29)26(3)17-23(28)25-21-10-7-6-9-19(21)5-2/h6-7,9-14H,4-5,8,15-17H2,1-3H3,(H,25,28). The van der Waals surface area contributed by atoms with Crippen molar-refractivity contribution in [3.8, 4) is 0 Å². The summed E-state index contributed by atoms with van der Waals surface area (Å²) >= 11 is 0. The molecule has 0 aromatic heterocycles. The van der Waals surface area contributed by atoms with Crippen molar-refractivity contribution in [2.75, 3.05) is 18.9 Å². The predicted molar refractivity (Wildman–Crippen MR) is 116 cm³/mol. The van der Waals surface area contributed by atoms with Crippen LogP contribution in [0.4, 0.5) is 5.69 Å². The van der Waals surface area contributed by atoms with Gasteiger partial charge in [-0.25, -0.2) is 0 Å². The van der Waals surface area contributed by atoms with Gasteiger partial charge in [-0.1, -0.05) is 62.7 Å². The average Bonchev–Trinajstić information content (AvgIpc) is 2.72. The van der Waals surface area contributed by atoms with Crippen LogP contribution in [0.3, 0.4) is 0 Å². The average molecular weight is 395 g/mol. The van der Waals surface area contributed by atoms with E-state index in [1.54, 1.807) is 7.05 Å². The number of anilines is 1. The molecule has 5 nitrogen and oxygen atoms in total. The number of ketones is 1. The molecule has 0 fully saturated rings. The highest BCUT2D eigenvalue weighted by molar-refractivity contribution is 5.99. The van der Waals surface area contributed by atoms with Crippen LogP contribution in [0, 0.1) is 0 Å². The summed E-state index contributed by atoms with van der Waals surface area (Å²) in [5, 5.41) is 2.85. The predicted octanol–water partition coefficient (Wildman–Crippen LogP) is 4.26. The molecule has 1 N–H and O–H groups in total. The Morgan fingerprint density at radius 1 is 0.931 bits per heavy atom. The van der Waals surface area contributed by atoms with Crippen molar-refractivity contribution in [1.29, 1.82) is 0 Å². The molecule has 0 aliphatic rings. The van der Waals surface area contributed by atoms with Crippen LogP contribution in [0.25, 0.3) is 0 Å². The van der Waals surface area contributed by atoms with E-state index < -0.39 is 0 Å². The van der Waals surface area contributed by atoms with Crippen LogP contribution in [-0.2, 0) is 22.4 Å². The lowest BCUT2D eigenvalue weighted by Crippen LogP contribution is -2.35. The van der Waals surface area contributed by atoms with Crippen molar-refractivity contribution in [3.05, 3.63) is 65.2 Å². The zero-order valence-corrected chi connectivity index (χ0v) is 17.5. The number of rotatable bonds is 10. The summed E-state index contributed by atoms with van der Waals surface area (Å²) < 4.78 is 0. The first-order valence-corrected chi connectivity index (χ1v) is 10.2. The molecule has 2 rings (SSSR count). The summed E-state index contributed by atoms with van der Waals surface area (Å²) in [6, 6.07) is 15.2. The molecule has 2 amide bonds. The fraction of sp³-hybridized carbons (Fsp3) is 0.375. The normalized spacial score (nSPS) is 10.4. The molecule has 0 spiro atoms. The number of carbonyl (C=O) groups is 3. The van der Waals surface area contributed by atoms with E-state index in [4.69, 9.17) is 0 Å². The Morgan fingerprint density at radius 3 is 2.28 bits per heavy atom. The van der Waals surface area contributed by atoms with E-state index in [1.807, 2.05) is 55.5 Å². The summed E-state index contributed by atoms with van der Waals surface area (Å²) in [5.41, 5.74) is 3.64. The minimum Gasteiger partial charge on any atom is -0.336 e. The molecule has 5 heteroatoms. The third-order valence-electron chi connectivity index (χ3n) is 4.86. The Hall–Kier alpha value is -2.95. The van der Waals surface area contributed by atoms with Gasteiger partial charge in [-0.2, -0.15) is 0 Å². The number of Topliss-reactive ketones (excluding diaryl/α,β-unsaturated/α-hetero) is 1. The number of amides is 2. The fourth-order valence-corrected chi connectivity index (χ4v) is 3.15. The van der Waals surface area contributed by atoms with E-state index in [1.165, 1.54) is 10.5 Å². The number of aryl methyl sites for hydroxylation is 2. The highest BCUT2D eigenvalue weighted by Crippen LogP contribution is 2.15. The van der Waals surface area contributed by atoms with Crippen LogP contribution in [0.2, 0.25) is 0 Å². The molecule has 0 atom stereocenters. The van der Waals surface area contributed by atoms with Gasteiger partial charge in [0.25, 0.3) is 0 Å². The summed E-state index contributed by atoms with van der Waals surface area (Å²) in [4.78, 5) is 38.3. The first-order valence-electron chi connectivity index (χ1n) is 10.2. The van der Waals surface area contributed by atoms with Crippen LogP contribution in [-0.4, -0.2) is 36.1 Å². The van der Waals surface area contributed by atoms with Gasteiger partial charge in [0.2, 0.25) is 11.8 Å². The summed E-state index contributed by atoms with van der Waals surface area (Å²) in [5.74, 6) is -0.532. The molecule has 0 aliphatic heterocycles. The zero-order valence-electron chi connectivity index (χ0n) is 17.5. The van der Waals surface area contributed by atoms with Crippen molar-refractivity contribution < 1.29 is 14.4 Å². The van der Waals surface area contributed by atoms with Crippen LogP contribution < -0.4 is 5.32 Å². The highest BCUT2D eigenvalue weighted by atomic mass is 16.2. The maximum absolute atomic E-state index is 12.3. The molecule has 0 saturated heterocycles. The zero-order chi connectivity index (χ0) is 21.2. The van der Waals surface area contributed by atoms with Crippen LogP contribution in [0.15, 0.2) is 48.5 Å². The highest BCUT2D eigenvalue weighted by Gasteiger charge is 2.16. The third kappa shape index (κ3) is 6.86. The molecular weight excluding hydrogens is 364 g/mol. The smallest absolute Gasteiger partial charge is 0.243 e. The van der Waals surface area contributed by atoms with E-state index in [0.717, 1.165) is 30.5 Å². The maximum Gasteiger partial charge on any atom is 0.243 e. The number of hydrogen-bond donors (Lipinski definition) is 1. The molecule has 0 unspecified atom stereocenters. The molecule has 0 saturated carbocycles. The SMILES string of the molecule is CCCc1ccc(C(=O)CCC(=O)N(C)CC(=O)Nc2ccccc2CC)cc1. The number of nitrogens with zero attached hydrogens (tertiary/aromatic N) is 1. The van der Waals surface area contributed by atoms with E-state index in [-0.39, 0.29) is 37.0 Å². The first-order chi connectivity index (χ1) is 13.9. The lowest BCUT2D eigenvalue weighted by molar-refractivity contribution is -0.133. The van der Waals surface area contributed by atoms with Crippen molar-refractivity contribution in [3.63, 3.8) is 0 Å². The molecule has 2 aromatic rings. The Balaban J connectivity index is 1.82. The maximum atomic E-state index is 12.3. The second-order valence-electron chi connectivity index (χ2n) is 7.18. The van der Waals surface area contributed by atoms with E-state index in [9.17, 15) is 14.4 Å². The third-order valence-corrected chi connectivity index (χ3v) is 4.86. The fourth-order valence-electron chi connectivity index (χ4n) is 3.15. The monoisotopic (exact) mass is 394 g/mol. The summed E-state index contributed by atoms with van der Waals surface area (Å²) in [6.45, 7) is 4.09. The van der Waals surface area contributed by atoms with Crippen molar-refractivity contribution in [2.45, 2.75) is 46.0 Å². The summed E-state index contributed by atoms with van der Waals surface area (Å²) in [6.07, 6.45) is 3.09. The van der Waals surface area contributed by atoms with Gasteiger partial charge in [0.15, 0.2) is 5.78 Å². The van der Waals surface area contributed by atoms with Gasteiger partial charge in [0.05, 0.1) is 6.54 Å². The van der Waals surface area contributed by atoms with Gasteiger partial charge >= 0.3 is 0 Å². The van der Waals surface area contributed by atoms with Crippen molar-refractivity contribution >= 4 is 23.3 Å². The second kappa shape index (κ2) is 11.1. The number of benzene rings is 2. The van der Waals surface area contributed by atoms with Gasteiger partial charge in [-0.15, -0.1) is 0 Å². The number of likely N-dealkylation sites (N-methyl/N-ethyl adjacent to an activating group) is 1. The van der Waals surface area contributed by atoms with Crippen LogP contribution in [0.5, 0.6) is 0 Å². The van der Waals surface area contributed by atoms with Gasteiger partial charge < -0.3 is 10.2 Å². The molecule has 29 heavy (non-hydrogen) atoms. The Bertz CT molecular complexity index is 843. The molecule has 0 aliphatic carbocycles. The Morgan fingerprint density at radius 2 is 1.62 bits per heavy atom. The molecule has 154 valence electrons. The number of para-hydroxylation sites is 1. The molecular formula is C24H30N2O3. The first kappa shape index (κ1) is 22.3. The number of nitrogens with one attached hydrogen (secondary N) is 1. The largest absolute Gasteiger partial charge is 0.336 e. The van der Waals surface area contributed by atoms with E-state index in [0.29, 0.717) is 5.56 Å². The van der Waals surface area contributed by atoms with Gasteiger partial charge in [-0.05, 0) is 30.0 Å². The second-order valence-corrected chi connectivity index (χ2v) is 7.18. The van der Waals surface area contributed by atoms with E-state index in [2.05, 4.69) is 12.2 Å². The number of carbonyl (C=O) groups excluding carboxylic acids is 3. The minimum atomic E-state index is -0.250. The van der Waals surface area contributed by atoms with Gasteiger partial charge in [0.1, 0.15) is 0 Å². The van der Waals surface area contributed by atoms with Crippen molar-refractivity contribution in [1.82, 2.24) is 4.90 Å². The minimum absolute atomic E-state index is 0.0449. The Kier molecular flexibility index (Phi) is 8.59. The van der Waals surface area contributed by atoms with Crippen molar-refractivity contribution in [2.24, 2.45) is 0 Å². The molecule has 2 aromatic carbocycles. The lowest BCUT2D eigenvalue weighted by atomic mass is 10.0. The van der Waals surface area contributed by atoms with Crippen LogP contribution in [0.1, 0.15) is 54.6 Å². The molecule has 0 radical (unpaired) electrons. The van der Waals surface area contributed by atoms with Crippen LogP contribution >= 0.6 is 0 Å². The topological polar surface area (TPSA) is 66.5 Å². The molecule has 0 bridgehead atoms. The number of hydrogen-bond acceptors (Lipinski definition) is 3. The van der Waals surface area contributed by atoms with E-state index >= 15 is 0 Å². The summed E-state index contributed by atoms with van der Waals surface area (Å²) in [7, 11) is 1.58. The molecule has 0 heterocycles. The quantitative estimate of drug-likeness (QED) is 0.612. The van der Waals surface area contributed by atoms with Gasteiger partial charge in [0, 0.05) is 31.1 Å². The lowest BCUT2D eigenvalue weighted by Gasteiger charge is -2.17.